The van der Waals surface area contributed by atoms with E-state index in [0.717, 1.165) is 25.0 Å². The van der Waals surface area contributed by atoms with Gasteiger partial charge in [-0.15, -0.1) is 11.3 Å². The Bertz CT molecular complexity index is 452. The van der Waals surface area contributed by atoms with E-state index >= 15 is 0 Å². The highest BCUT2D eigenvalue weighted by Gasteiger charge is 2.21. The monoisotopic (exact) mass is 271 g/mol. The van der Waals surface area contributed by atoms with Crippen LogP contribution in [-0.4, -0.2) is 39.8 Å². The van der Waals surface area contributed by atoms with Crippen LogP contribution in [0.25, 0.3) is 0 Å². The summed E-state index contributed by atoms with van der Waals surface area (Å²) in [6.45, 7) is -0.656. The number of urea groups is 1. The Kier molecular flexibility index (Phi) is 3.78. The molecule has 7 nitrogen and oxygen atoms in total. The molecule has 1 aromatic rings. The Hall–Kier alpha value is -1.67. The number of carboxylic acid groups (broad SMARTS) is 1. The molecule has 1 atom stereocenters. The number of thiazole rings is 1. The predicted octanol–water partition coefficient (Wildman–Crippen LogP) is 0.199. The molecule has 0 saturated heterocycles. The fourth-order valence-corrected chi connectivity index (χ4v) is 2.77. The summed E-state index contributed by atoms with van der Waals surface area (Å²) in [5.41, 5.74) is 1.01. The molecule has 1 aliphatic rings. The molecular formula is C10H13N3O4S. The van der Waals surface area contributed by atoms with Crippen molar-refractivity contribution >= 4 is 28.5 Å². The number of aliphatic hydroxyl groups is 1. The molecule has 0 bridgehead atoms. The van der Waals surface area contributed by atoms with Gasteiger partial charge in [0.2, 0.25) is 0 Å². The zero-order valence-electron chi connectivity index (χ0n) is 9.47. The summed E-state index contributed by atoms with van der Waals surface area (Å²) in [5, 5.41) is 22.5. The van der Waals surface area contributed by atoms with Crippen LogP contribution in [0.15, 0.2) is 0 Å². The zero-order valence-corrected chi connectivity index (χ0v) is 10.3. The van der Waals surface area contributed by atoms with Gasteiger partial charge < -0.3 is 15.5 Å². The highest BCUT2D eigenvalue weighted by atomic mass is 32.1. The van der Waals surface area contributed by atoms with Gasteiger partial charge in [-0.1, -0.05) is 0 Å². The van der Waals surface area contributed by atoms with Crippen molar-refractivity contribution in [3.05, 3.63) is 10.6 Å². The molecule has 0 fully saturated rings. The predicted molar refractivity (Wildman–Crippen MR) is 64.8 cm³/mol. The molecule has 0 radical (unpaired) electrons. The first-order chi connectivity index (χ1) is 8.60. The molecule has 8 heteroatoms. The maximum Gasteiger partial charge on any atom is 0.328 e. The summed E-state index contributed by atoms with van der Waals surface area (Å²) in [4.78, 5) is 27.5. The summed E-state index contributed by atoms with van der Waals surface area (Å²) in [5.74, 6) is -1.28. The number of nitrogens with one attached hydrogen (secondary N) is 2. The molecule has 1 aliphatic carbocycles. The van der Waals surface area contributed by atoms with Gasteiger partial charge in [-0.3, -0.25) is 5.32 Å². The van der Waals surface area contributed by atoms with Crippen molar-refractivity contribution < 1.29 is 19.8 Å². The molecule has 98 valence electrons. The number of aliphatic carboxylic acids is 1. The highest BCUT2D eigenvalue weighted by Crippen LogP contribution is 2.30. The normalized spacial score (nSPS) is 14.9. The van der Waals surface area contributed by atoms with E-state index in [9.17, 15) is 9.59 Å². The van der Waals surface area contributed by atoms with Crippen LogP contribution >= 0.6 is 11.3 Å². The topological polar surface area (TPSA) is 112 Å². The molecule has 2 rings (SSSR count). The van der Waals surface area contributed by atoms with Crippen molar-refractivity contribution in [3.8, 4) is 0 Å². The van der Waals surface area contributed by atoms with E-state index in [-0.39, 0.29) is 0 Å². The number of amides is 2. The van der Waals surface area contributed by atoms with Crippen LogP contribution in [0, 0.1) is 0 Å². The third-order valence-electron chi connectivity index (χ3n) is 2.60. The Morgan fingerprint density at radius 2 is 2.22 bits per heavy atom. The second-order valence-electron chi connectivity index (χ2n) is 3.91. The molecule has 1 heterocycles. The van der Waals surface area contributed by atoms with Crippen molar-refractivity contribution in [2.24, 2.45) is 0 Å². The minimum absolute atomic E-state index is 0.458. The van der Waals surface area contributed by atoms with Crippen molar-refractivity contribution in [1.82, 2.24) is 10.3 Å². The van der Waals surface area contributed by atoms with E-state index in [0.29, 0.717) is 5.13 Å². The second-order valence-corrected chi connectivity index (χ2v) is 5.00. The van der Waals surface area contributed by atoms with Crippen LogP contribution in [0.3, 0.4) is 0 Å². The number of hydrogen-bond donors (Lipinski definition) is 4. The fourth-order valence-electron chi connectivity index (χ4n) is 1.72. The number of aliphatic hydroxyl groups excluding tert-OH is 1. The number of anilines is 1. The van der Waals surface area contributed by atoms with Crippen LogP contribution in [0.1, 0.15) is 17.0 Å². The Morgan fingerprint density at radius 3 is 2.83 bits per heavy atom. The molecule has 0 aliphatic heterocycles. The number of fused-ring (bicyclic) bond motifs is 1. The Labute approximate surface area is 107 Å². The number of aromatic nitrogens is 1. The number of nitrogens with zero attached hydrogens (tertiary/aromatic N) is 1. The molecule has 1 aromatic heterocycles. The quantitative estimate of drug-likeness (QED) is 0.625. The van der Waals surface area contributed by atoms with E-state index in [1.54, 1.807) is 0 Å². The first-order valence-electron chi connectivity index (χ1n) is 5.50. The molecule has 0 spiro atoms. The molecular weight excluding hydrogens is 258 g/mol. The maximum atomic E-state index is 11.5. The van der Waals surface area contributed by atoms with E-state index in [1.165, 1.54) is 16.2 Å². The van der Waals surface area contributed by atoms with Crippen LogP contribution in [0.4, 0.5) is 9.93 Å². The van der Waals surface area contributed by atoms with Gasteiger partial charge in [0.05, 0.1) is 12.3 Å². The van der Waals surface area contributed by atoms with Crippen LogP contribution in [0.5, 0.6) is 0 Å². The minimum atomic E-state index is -1.31. The van der Waals surface area contributed by atoms with Crippen molar-refractivity contribution in [1.29, 1.82) is 0 Å². The van der Waals surface area contributed by atoms with Gasteiger partial charge in [0.15, 0.2) is 11.2 Å². The molecule has 18 heavy (non-hydrogen) atoms. The van der Waals surface area contributed by atoms with Crippen LogP contribution < -0.4 is 10.6 Å². The number of carbonyl (C=O) groups excluding carboxylic acids is 1. The average molecular weight is 271 g/mol. The summed E-state index contributed by atoms with van der Waals surface area (Å²) >= 11 is 1.40. The largest absolute Gasteiger partial charge is 0.480 e. The Balaban J connectivity index is 1.92. The summed E-state index contributed by atoms with van der Waals surface area (Å²) in [6, 6.07) is -1.99. The van der Waals surface area contributed by atoms with Gasteiger partial charge in [0.25, 0.3) is 0 Å². The van der Waals surface area contributed by atoms with Crippen molar-refractivity contribution in [2.75, 3.05) is 11.9 Å². The summed E-state index contributed by atoms with van der Waals surface area (Å²) < 4.78 is 0. The average Bonchev–Trinajstić information content (AvgIpc) is 2.85. The summed E-state index contributed by atoms with van der Waals surface area (Å²) in [7, 11) is 0. The maximum absolute atomic E-state index is 11.5. The molecule has 0 saturated carbocycles. The molecule has 0 aromatic carbocycles. The van der Waals surface area contributed by atoms with E-state index in [2.05, 4.69) is 15.6 Å². The Morgan fingerprint density at radius 1 is 1.44 bits per heavy atom. The lowest BCUT2D eigenvalue weighted by Crippen LogP contribution is -2.45. The molecule has 2 amide bonds. The molecule has 4 N–H and O–H groups in total. The van der Waals surface area contributed by atoms with Gasteiger partial charge >= 0.3 is 12.0 Å². The number of hydrogen-bond acceptors (Lipinski definition) is 5. The zero-order chi connectivity index (χ0) is 13.1. The van der Waals surface area contributed by atoms with Crippen LogP contribution in [0.2, 0.25) is 0 Å². The van der Waals surface area contributed by atoms with Gasteiger partial charge in [-0.2, -0.15) is 0 Å². The number of carbonyl (C=O) groups is 2. The third-order valence-corrected chi connectivity index (χ3v) is 3.67. The van der Waals surface area contributed by atoms with Crippen LogP contribution in [-0.2, 0) is 17.6 Å². The van der Waals surface area contributed by atoms with E-state index < -0.39 is 24.6 Å². The summed E-state index contributed by atoms with van der Waals surface area (Å²) in [6.07, 6.45) is 2.99. The van der Waals surface area contributed by atoms with Crippen molar-refractivity contribution in [3.63, 3.8) is 0 Å². The standard InChI is InChI=1S/C10H13N3O4S/c14-4-6(8(15)16)11-9(17)13-10-12-5-2-1-3-7(5)18-10/h6,14H,1-4H2,(H,15,16)(H2,11,12,13,17). The number of rotatable bonds is 4. The minimum Gasteiger partial charge on any atom is -0.480 e. The van der Waals surface area contributed by atoms with E-state index in [4.69, 9.17) is 10.2 Å². The molecule has 1 unspecified atom stereocenters. The fraction of sp³-hybridized carbons (Fsp3) is 0.500. The highest BCUT2D eigenvalue weighted by molar-refractivity contribution is 7.15. The second kappa shape index (κ2) is 5.32. The lowest BCUT2D eigenvalue weighted by atomic mass is 10.3. The van der Waals surface area contributed by atoms with Gasteiger partial charge in [0, 0.05) is 4.88 Å². The van der Waals surface area contributed by atoms with Gasteiger partial charge in [-0.25, -0.2) is 14.6 Å². The van der Waals surface area contributed by atoms with Gasteiger partial charge in [-0.05, 0) is 19.3 Å². The first-order valence-corrected chi connectivity index (χ1v) is 6.31. The smallest absolute Gasteiger partial charge is 0.328 e. The third kappa shape index (κ3) is 2.77. The van der Waals surface area contributed by atoms with E-state index in [1.807, 2.05) is 0 Å². The van der Waals surface area contributed by atoms with Crippen molar-refractivity contribution in [2.45, 2.75) is 25.3 Å². The van der Waals surface area contributed by atoms with Gasteiger partial charge in [0.1, 0.15) is 0 Å². The SMILES string of the molecule is O=C(Nc1nc2c(s1)CCC2)NC(CO)C(=O)O. The number of aryl methyl sites for hydroxylation is 2. The first kappa shape index (κ1) is 12.8. The lowest BCUT2D eigenvalue weighted by Gasteiger charge is -2.11. The lowest BCUT2D eigenvalue weighted by molar-refractivity contribution is -0.140. The number of carboxylic acids is 1.